The third kappa shape index (κ3) is 2.47. The van der Waals surface area contributed by atoms with E-state index in [9.17, 15) is 4.79 Å². The number of aliphatic hydroxyl groups excluding tert-OH is 1. The number of carbonyl (C=O) groups excluding carboxylic acids is 1. The molecule has 1 aliphatic carbocycles. The number of hydrogen-bond acceptors (Lipinski definition) is 2. The number of carbonyl (C=O) groups is 1. The summed E-state index contributed by atoms with van der Waals surface area (Å²) in [6, 6.07) is 2.07. The Bertz CT molecular complexity index is 399. The molecule has 88 valence electrons. The summed E-state index contributed by atoms with van der Waals surface area (Å²) in [6.45, 7) is 1.73. The van der Waals surface area contributed by atoms with Crippen molar-refractivity contribution in [1.82, 2.24) is 9.88 Å². The van der Waals surface area contributed by atoms with Crippen LogP contribution < -0.4 is 5.32 Å². The molecule has 1 aromatic rings. The molecular weight excluding hydrogens is 272 g/mol. The number of aliphatic hydroxyl groups is 1. The van der Waals surface area contributed by atoms with Crippen LogP contribution in [0.2, 0.25) is 0 Å². The minimum absolute atomic E-state index is 0.0446. The topological polar surface area (TPSA) is 54.3 Å². The van der Waals surface area contributed by atoms with E-state index < -0.39 is 0 Å². The van der Waals surface area contributed by atoms with Crippen LogP contribution >= 0.6 is 15.9 Å². The molecule has 0 radical (unpaired) electrons. The van der Waals surface area contributed by atoms with Crippen molar-refractivity contribution >= 4 is 21.8 Å². The first-order valence-electron chi connectivity index (χ1n) is 5.41. The van der Waals surface area contributed by atoms with Gasteiger partial charge in [0.05, 0.1) is 6.61 Å². The number of hydrogen-bond donors (Lipinski definition) is 2. The van der Waals surface area contributed by atoms with Gasteiger partial charge in [-0.05, 0) is 41.8 Å². The van der Waals surface area contributed by atoms with Gasteiger partial charge in [-0.15, -0.1) is 0 Å². The summed E-state index contributed by atoms with van der Waals surface area (Å²) in [4.78, 5) is 11.9. The number of aromatic nitrogens is 1. The zero-order chi connectivity index (χ0) is 11.7. The Balaban J connectivity index is 2.15. The SMILES string of the molecule is CC(CO)NC(=O)c1cc(Br)cn1C1CC1. The van der Waals surface area contributed by atoms with E-state index in [1.54, 1.807) is 6.92 Å². The average molecular weight is 287 g/mol. The summed E-state index contributed by atoms with van der Waals surface area (Å²) < 4.78 is 2.92. The molecule has 1 aliphatic rings. The lowest BCUT2D eigenvalue weighted by Gasteiger charge is -2.12. The van der Waals surface area contributed by atoms with Crippen molar-refractivity contribution in [2.24, 2.45) is 0 Å². The van der Waals surface area contributed by atoms with Crippen molar-refractivity contribution in [3.8, 4) is 0 Å². The molecule has 1 saturated carbocycles. The lowest BCUT2D eigenvalue weighted by molar-refractivity contribution is 0.0912. The number of halogens is 1. The molecule has 4 nitrogen and oxygen atoms in total. The first-order valence-corrected chi connectivity index (χ1v) is 6.20. The van der Waals surface area contributed by atoms with E-state index in [0.717, 1.165) is 17.3 Å². The van der Waals surface area contributed by atoms with Crippen molar-refractivity contribution in [1.29, 1.82) is 0 Å². The summed E-state index contributed by atoms with van der Waals surface area (Å²) in [6.07, 6.45) is 4.21. The van der Waals surface area contributed by atoms with Crippen LogP contribution in [-0.4, -0.2) is 28.2 Å². The lowest BCUT2D eigenvalue weighted by Crippen LogP contribution is -2.36. The van der Waals surface area contributed by atoms with Gasteiger partial charge in [-0.2, -0.15) is 0 Å². The van der Waals surface area contributed by atoms with Gasteiger partial charge in [0.15, 0.2) is 0 Å². The van der Waals surface area contributed by atoms with Gasteiger partial charge in [-0.25, -0.2) is 0 Å². The van der Waals surface area contributed by atoms with Crippen molar-refractivity contribution in [3.05, 3.63) is 22.4 Å². The van der Waals surface area contributed by atoms with E-state index in [4.69, 9.17) is 5.11 Å². The quantitative estimate of drug-likeness (QED) is 0.885. The average Bonchev–Trinajstić information content (AvgIpc) is 3.01. The van der Waals surface area contributed by atoms with E-state index >= 15 is 0 Å². The van der Waals surface area contributed by atoms with E-state index in [-0.39, 0.29) is 18.6 Å². The van der Waals surface area contributed by atoms with Gasteiger partial charge in [-0.3, -0.25) is 4.79 Å². The van der Waals surface area contributed by atoms with Crippen LogP contribution in [0.3, 0.4) is 0 Å². The van der Waals surface area contributed by atoms with Gasteiger partial charge in [0, 0.05) is 22.8 Å². The van der Waals surface area contributed by atoms with Gasteiger partial charge in [-0.1, -0.05) is 0 Å². The smallest absolute Gasteiger partial charge is 0.268 e. The largest absolute Gasteiger partial charge is 0.394 e. The van der Waals surface area contributed by atoms with Crippen LogP contribution in [0.25, 0.3) is 0 Å². The molecule has 0 saturated heterocycles. The minimum atomic E-state index is -0.214. The number of nitrogens with one attached hydrogen (secondary N) is 1. The van der Waals surface area contributed by atoms with Crippen LogP contribution in [0.5, 0.6) is 0 Å². The van der Waals surface area contributed by atoms with E-state index in [0.29, 0.717) is 11.7 Å². The van der Waals surface area contributed by atoms with E-state index in [2.05, 4.69) is 21.2 Å². The first kappa shape index (κ1) is 11.7. The highest BCUT2D eigenvalue weighted by atomic mass is 79.9. The molecule has 1 unspecified atom stereocenters. The number of rotatable bonds is 4. The van der Waals surface area contributed by atoms with Crippen molar-refractivity contribution in [2.75, 3.05) is 6.61 Å². The summed E-state index contributed by atoms with van der Waals surface area (Å²) in [5.74, 6) is -0.126. The Morgan fingerprint density at radius 3 is 3.00 bits per heavy atom. The number of amides is 1. The highest BCUT2D eigenvalue weighted by Gasteiger charge is 2.27. The fourth-order valence-corrected chi connectivity index (χ4v) is 2.06. The Hall–Kier alpha value is -0.810. The van der Waals surface area contributed by atoms with Crippen LogP contribution in [0.1, 0.15) is 36.3 Å². The second kappa shape index (κ2) is 4.59. The molecule has 1 aromatic heterocycles. The summed E-state index contributed by atoms with van der Waals surface area (Å²) in [5.41, 5.74) is 0.662. The van der Waals surface area contributed by atoms with E-state index in [1.807, 2.05) is 16.8 Å². The predicted octanol–water partition coefficient (Wildman–Crippen LogP) is 1.70. The molecule has 5 heteroatoms. The molecule has 0 aromatic carbocycles. The lowest BCUT2D eigenvalue weighted by atomic mass is 10.3. The minimum Gasteiger partial charge on any atom is -0.394 e. The van der Waals surface area contributed by atoms with Crippen LogP contribution in [0.4, 0.5) is 0 Å². The molecule has 0 aliphatic heterocycles. The fourth-order valence-electron chi connectivity index (χ4n) is 1.63. The molecule has 1 amide bonds. The second-order valence-corrected chi connectivity index (χ2v) is 5.15. The zero-order valence-electron chi connectivity index (χ0n) is 9.11. The summed E-state index contributed by atoms with van der Waals surface area (Å²) in [5, 5.41) is 11.6. The molecular formula is C11H15BrN2O2. The molecule has 2 rings (SSSR count). The maximum absolute atomic E-state index is 11.9. The molecule has 1 atom stereocenters. The number of nitrogens with zero attached hydrogens (tertiary/aromatic N) is 1. The molecule has 1 heterocycles. The second-order valence-electron chi connectivity index (χ2n) is 4.24. The standard InChI is InChI=1S/C11H15BrN2O2/c1-7(6-15)13-11(16)10-4-8(12)5-14(10)9-2-3-9/h4-5,7,9,15H,2-3,6H2,1H3,(H,13,16). The molecule has 0 bridgehead atoms. The van der Waals surface area contributed by atoms with Gasteiger partial charge in [0.25, 0.3) is 5.91 Å². The van der Waals surface area contributed by atoms with Gasteiger partial charge in [0.2, 0.25) is 0 Å². The summed E-state index contributed by atoms with van der Waals surface area (Å²) >= 11 is 3.38. The highest BCUT2D eigenvalue weighted by Crippen LogP contribution is 2.37. The molecule has 0 spiro atoms. The third-order valence-electron chi connectivity index (χ3n) is 2.64. The van der Waals surface area contributed by atoms with Gasteiger partial charge in [0.1, 0.15) is 5.69 Å². The zero-order valence-corrected chi connectivity index (χ0v) is 10.7. The maximum Gasteiger partial charge on any atom is 0.268 e. The Morgan fingerprint density at radius 2 is 2.44 bits per heavy atom. The van der Waals surface area contributed by atoms with Crippen LogP contribution in [0.15, 0.2) is 16.7 Å². The van der Waals surface area contributed by atoms with E-state index in [1.165, 1.54) is 0 Å². The predicted molar refractivity (Wildman–Crippen MR) is 64.4 cm³/mol. The molecule has 1 fully saturated rings. The molecule has 16 heavy (non-hydrogen) atoms. The molecule has 2 N–H and O–H groups in total. The van der Waals surface area contributed by atoms with Crippen molar-refractivity contribution < 1.29 is 9.90 Å². The van der Waals surface area contributed by atoms with Crippen molar-refractivity contribution in [3.63, 3.8) is 0 Å². The van der Waals surface area contributed by atoms with Gasteiger partial charge >= 0.3 is 0 Å². The Morgan fingerprint density at radius 1 is 1.75 bits per heavy atom. The Kier molecular flexibility index (Phi) is 3.35. The fraction of sp³-hybridized carbons (Fsp3) is 0.545. The monoisotopic (exact) mass is 286 g/mol. The Labute approximate surface area is 103 Å². The maximum atomic E-state index is 11.9. The highest BCUT2D eigenvalue weighted by molar-refractivity contribution is 9.10. The van der Waals surface area contributed by atoms with Crippen LogP contribution in [-0.2, 0) is 0 Å². The first-order chi connectivity index (χ1) is 7.61. The van der Waals surface area contributed by atoms with Crippen molar-refractivity contribution in [2.45, 2.75) is 31.8 Å². The third-order valence-corrected chi connectivity index (χ3v) is 3.07. The summed E-state index contributed by atoms with van der Waals surface area (Å²) in [7, 11) is 0. The normalized spacial score (nSPS) is 17.2. The van der Waals surface area contributed by atoms with Crippen LogP contribution in [0, 0.1) is 0 Å². The van der Waals surface area contributed by atoms with Gasteiger partial charge < -0.3 is 15.0 Å².